The summed E-state index contributed by atoms with van der Waals surface area (Å²) in [5.41, 5.74) is 0.713. The molecule has 0 unspecified atom stereocenters. The second-order valence-electron chi connectivity index (χ2n) is 3.44. The highest BCUT2D eigenvalue weighted by Crippen LogP contribution is 2.38. The van der Waals surface area contributed by atoms with Gasteiger partial charge in [0.25, 0.3) is 0 Å². The van der Waals surface area contributed by atoms with Gasteiger partial charge < -0.3 is 14.8 Å². The maximum Gasteiger partial charge on any atom is 0.148 e. The molecule has 0 aliphatic heterocycles. The molecule has 2 aromatic rings. The molecule has 1 heterocycles. The fourth-order valence-corrected chi connectivity index (χ4v) is 1.94. The molecule has 90 valence electrons. The van der Waals surface area contributed by atoms with Gasteiger partial charge in [-0.15, -0.1) is 0 Å². The van der Waals surface area contributed by atoms with Crippen LogP contribution in [0.3, 0.4) is 0 Å². The molecule has 1 aromatic heterocycles. The molecule has 4 nitrogen and oxygen atoms in total. The molecule has 2 rings (SSSR count). The minimum absolute atomic E-state index is 0.540. The number of methoxy groups -OCH3 is 2. The van der Waals surface area contributed by atoms with Gasteiger partial charge in [0.1, 0.15) is 22.8 Å². The van der Waals surface area contributed by atoms with Crippen LogP contribution in [0.5, 0.6) is 11.5 Å². The number of nitrogens with one attached hydrogen (secondary N) is 1. The third-order valence-corrected chi connectivity index (χ3v) is 2.93. The maximum atomic E-state index is 6.23. The Morgan fingerprint density at radius 1 is 1.18 bits per heavy atom. The van der Waals surface area contributed by atoms with Crippen molar-refractivity contribution in [2.75, 3.05) is 26.6 Å². The molecule has 0 spiro atoms. The van der Waals surface area contributed by atoms with Crippen molar-refractivity contribution in [2.45, 2.75) is 0 Å². The average Bonchev–Trinajstić information content (AvgIpc) is 2.39. The second-order valence-corrected chi connectivity index (χ2v) is 3.82. The highest BCUT2D eigenvalue weighted by molar-refractivity contribution is 6.37. The van der Waals surface area contributed by atoms with Crippen molar-refractivity contribution in [3.8, 4) is 11.5 Å². The topological polar surface area (TPSA) is 43.4 Å². The van der Waals surface area contributed by atoms with Crippen LogP contribution >= 0.6 is 11.6 Å². The first kappa shape index (κ1) is 11.8. The zero-order chi connectivity index (χ0) is 12.4. The molecule has 0 amide bonds. The Morgan fingerprint density at radius 2 is 1.88 bits per heavy atom. The van der Waals surface area contributed by atoms with Gasteiger partial charge in [0.2, 0.25) is 0 Å². The Morgan fingerprint density at radius 3 is 2.47 bits per heavy atom. The van der Waals surface area contributed by atoms with Crippen LogP contribution in [-0.2, 0) is 0 Å². The standard InChI is InChI=1S/C12H13ClN2O2/c1-14-10-5-4-7-11(13)8(16-2)6-9(17-3)12(7)15-10/h4-6H,1-3H3,(H,14,15). The quantitative estimate of drug-likeness (QED) is 0.912. The molecule has 1 aromatic carbocycles. The van der Waals surface area contributed by atoms with Crippen LogP contribution < -0.4 is 14.8 Å². The number of benzene rings is 1. The molecule has 0 aliphatic carbocycles. The molecule has 5 heteroatoms. The Labute approximate surface area is 105 Å². The average molecular weight is 253 g/mol. The van der Waals surface area contributed by atoms with Gasteiger partial charge in [-0.1, -0.05) is 11.6 Å². The Kier molecular flexibility index (Phi) is 3.24. The summed E-state index contributed by atoms with van der Waals surface area (Å²) in [4.78, 5) is 4.42. The summed E-state index contributed by atoms with van der Waals surface area (Å²) in [6.07, 6.45) is 0. The van der Waals surface area contributed by atoms with E-state index in [1.165, 1.54) is 0 Å². The van der Waals surface area contributed by atoms with E-state index < -0.39 is 0 Å². The van der Waals surface area contributed by atoms with Gasteiger partial charge in [-0.3, -0.25) is 0 Å². The van der Waals surface area contributed by atoms with Crippen LogP contribution in [0.15, 0.2) is 18.2 Å². The lowest BCUT2D eigenvalue weighted by atomic mass is 10.2. The Hall–Kier alpha value is -1.68. The number of ether oxygens (including phenoxy) is 2. The smallest absolute Gasteiger partial charge is 0.148 e. The number of hydrogen-bond acceptors (Lipinski definition) is 4. The van der Waals surface area contributed by atoms with Crippen LogP contribution in [0.1, 0.15) is 0 Å². The number of hydrogen-bond donors (Lipinski definition) is 1. The van der Waals surface area contributed by atoms with E-state index in [2.05, 4.69) is 10.3 Å². The summed E-state index contributed by atoms with van der Waals surface area (Å²) < 4.78 is 10.5. The largest absolute Gasteiger partial charge is 0.495 e. The second kappa shape index (κ2) is 4.67. The van der Waals surface area contributed by atoms with E-state index in [1.807, 2.05) is 19.2 Å². The number of rotatable bonds is 3. The zero-order valence-electron chi connectivity index (χ0n) is 9.87. The van der Waals surface area contributed by atoms with Crippen molar-refractivity contribution in [3.63, 3.8) is 0 Å². The predicted molar refractivity (Wildman–Crippen MR) is 69.4 cm³/mol. The van der Waals surface area contributed by atoms with E-state index in [0.717, 1.165) is 11.2 Å². The van der Waals surface area contributed by atoms with Crippen molar-refractivity contribution in [2.24, 2.45) is 0 Å². The Bertz CT molecular complexity index is 558. The van der Waals surface area contributed by atoms with Gasteiger partial charge in [-0.25, -0.2) is 4.98 Å². The summed E-state index contributed by atoms with van der Waals surface area (Å²) in [6.45, 7) is 0. The molecule has 0 saturated carbocycles. The number of aromatic nitrogens is 1. The number of anilines is 1. The van der Waals surface area contributed by atoms with Crippen LogP contribution in [0, 0.1) is 0 Å². The number of fused-ring (bicyclic) bond motifs is 1. The maximum absolute atomic E-state index is 6.23. The molecule has 17 heavy (non-hydrogen) atoms. The molecule has 0 bridgehead atoms. The van der Waals surface area contributed by atoms with Gasteiger partial charge in [0.15, 0.2) is 0 Å². The highest BCUT2D eigenvalue weighted by atomic mass is 35.5. The van der Waals surface area contributed by atoms with E-state index in [1.54, 1.807) is 20.3 Å². The van der Waals surface area contributed by atoms with E-state index >= 15 is 0 Å². The summed E-state index contributed by atoms with van der Waals surface area (Å²) >= 11 is 6.23. The van der Waals surface area contributed by atoms with Crippen molar-refractivity contribution in [3.05, 3.63) is 23.2 Å². The SMILES string of the molecule is CNc1ccc2c(Cl)c(OC)cc(OC)c2n1. The summed E-state index contributed by atoms with van der Waals surface area (Å²) in [5.74, 6) is 1.98. The van der Waals surface area contributed by atoms with Crippen molar-refractivity contribution in [1.29, 1.82) is 0 Å². The van der Waals surface area contributed by atoms with Crippen molar-refractivity contribution >= 4 is 28.3 Å². The Balaban J connectivity index is 2.79. The van der Waals surface area contributed by atoms with E-state index in [9.17, 15) is 0 Å². The van der Waals surface area contributed by atoms with E-state index in [4.69, 9.17) is 21.1 Å². The fourth-order valence-electron chi connectivity index (χ4n) is 1.65. The van der Waals surface area contributed by atoms with Gasteiger partial charge in [-0.2, -0.15) is 0 Å². The van der Waals surface area contributed by atoms with E-state index in [0.29, 0.717) is 22.0 Å². The molecule has 0 radical (unpaired) electrons. The van der Waals surface area contributed by atoms with E-state index in [-0.39, 0.29) is 0 Å². The lowest BCUT2D eigenvalue weighted by molar-refractivity contribution is 0.397. The van der Waals surface area contributed by atoms with Crippen LogP contribution in [0.25, 0.3) is 10.9 Å². The van der Waals surface area contributed by atoms with Crippen molar-refractivity contribution < 1.29 is 9.47 Å². The third-order valence-electron chi connectivity index (χ3n) is 2.54. The van der Waals surface area contributed by atoms with Gasteiger partial charge in [-0.05, 0) is 12.1 Å². The molecular formula is C12H13ClN2O2. The monoisotopic (exact) mass is 252 g/mol. The molecular weight excluding hydrogens is 240 g/mol. The summed E-state index contributed by atoms with van der Waals surface area (Å²) in [5, 5.41) is 4.32. The summed E-state index contributed by atoms with van der Waals surface area (Å²) in [7, 11) is 4.98. The highest BCUT2D eigenvalue weighted by Gasteiger charge is 2.13. The minimum atomic E-state index is 0.540. The molecule has 1 N–H and O–H groups in total. The molecule has 0 fully saturated rings. The lowest BCUT2D eigenvalue weighted by Crippen LogP contribution is -1.96. The molecule has 0 aliphatic rings. The van der Waals surface area contributed by atoms with Crippen LogP contribution in [-0.4, -0.2) is 26.3 Å². The number of nitrogens with zero attached hydrogens (tertiary/aromatic N) is 1. The normalized spacial score (nSPS) is 10.4. The predicted octanol–water partition coefficient (Wildman–Crippen LogP) is 2.95. The number of pyridine rings is 1. The minimum Gasteiger partial charge on any atom is -0.495 e. The summed E-state index contributed by atoms with van der Waals surface area (Å²) in [6, 6.07) is 5.48. The van der Waals surface area contributed by atoms with Crippen LogP contribution in [0.2, 0.25) is 5.02 Å². The first-order chi connectivity index (χ1) is 8.21. The fraction of sp³-hybridized carbons (Fsp3) is 0.250. The van der Waals surface area contributed by atoms with Gasteiger partial charge in [0.05, 0.1) is 19.2 Å². The first-order valence-electron chi connectivity index (χ1n) is 5.10. The zero-order valence-corrected chi connectivity index (χ0v) is 10.6. The molecule has 0 atom stereocenters. The van der Waals surface area contributed by atoms with Crippen molar-refractivity contribution in [1.82, 2.24) is 4.98 Å². The number of halogens is 1. The third kappa shape index (κ3) is 1.96. The van der Waals surface area contributed by atoms with Crippen LogP contribution in [0.4, 0.5) is 5.82 Å². The first-order valence-corrected chi connectivity index (χ1v) is 5.48. The van der Waals surface area contributed by atoms with Gasteiger partial charge >= 0.3 is 0 Å². The van der Waals surface area contributed by atoms with Gasteiger partial charge in [0, 0.05) is 18.5 Å². The molecule has 0 saturated heterocycles. The lowest BCUT2D eigenvalue weighted by Gasteiger charge is -2.11.